The second-order valence-corrected chi connectivity index (χ2v) is 9.39. The predicted octanol–water partition coefficient (Wildman–Crippen LogP) is 6.81. The minimum Gasteiger partial charge on any atom is -0.346 e. The monoisotopic (exact) mass is 545 g/mol. The summed E-state index contributed by atoms with van der Waals surface area (Å²) in [7, 11) is 0. The Morgan fingerprint density at radius 3 is 2.12 bits per heavy atom. The fourth-order valence-electron chi connectivity index (χ4n) is 4.58. The van der Waals surface area contributed by atoms with Crippen molar-refractivity contribution in [2.45, 2.75) is 13.1 Å². The number of non-ortho nitro benzene ring substituents is 1. The second-order valence-electron chi connectivity index (χ2n) is 9.39. The molecule has 41 heavy (non-hydrogen) atoms. The van der Waals surface area contributed by atoms with Crippen LogP contribution >= 0.6 is 0 Å². The average molecular weight is 546 g/mol. The number of hydrogen-bond donors (Lipinski definition) is 1. The van der Waals surface area contributed by atoms with Crippen molar-refractivity contribution in [2.24, 2.45) is 0 Å². The van der Waals surface area contributed by atoms with Crippen molar-refractivity contribution in [2.75, 3.05) is 10.2 Å². The van der Waals surface area contributed by atoms with Crippen LogP contribution < -0.4 is 10.2 Å². The van der Waals surface area contributed by atoms with Crippen LogP contribution in [0.2, 0.25) is 0 Å². The molecule has 0 radical (unpaired) electrons. The first kappa shape index (κ1) is 25.6. The Labute approximate surface area is 234 Å². The number of aromatic nitrogens is 4. The minimum atomic E-state index is -0.438. The molecule has 6 rings (SSSR count). The Balaban J connectivity index is 1.52. The maximum Gasteiger partial charge on any atom is 0.271 e. The molecule has 0 saturated carbocycles. The van der Waals surface area contributed by atoms with Crippen LogP contribution in [0.25, 0.3) is 16.9 Å². The molecule has 0 fully saturated rings. The Hall–Kier alpha value is -5.64. The molecule has 4 aromatic carbocycles. The van der Waals surface area contributed by atoms with Gasteiger partial charge in [-0.05, 0) is 41.5 Å². The number of nitro groups is 1. The number of hydrogen-bond acceptors (Lipinski definition) is 7. The molecule has 0 aliphatic carbocycles. The number of nitrogens with one attached hydrogen (secondary N) is 1. The third-order valence-corrected chi connectivity index (χ3v) is 6.53. The number of nitro benzene ring substituents is 1. The number of nitrogens with zero attached hydrogens (tertiary/aromatic N) is 6. The van der Waals surface area contributed by atoms with Crippen LogP contribution in [0, 0.1) is 15.9 Å². The van der Waals surface area contributed by atoms with Gasteiger partial charge in [-0.2, -0.15) is 9.97 Å². The maximum atomic E-state index is 13.6. The maximum absolute atomic E-state index is 13.6. The molecule has 0 spiro atoms. The number of imidazole rings is 1. The third-order valence-electron chi connectivity index (χ3n) is 6.53. The fourth-order valence-corrected chi connectivity index (χ4v) is 4.58. The average Bonchev–Trinajstić information content (AvgIpc) is 3.43. The van der Waals surface area contributed by atoms with Crippen molar-refractivity contribution < 1.29 is 9.31 Å². The first-order chi connectivity index (χ1) is 20.0. The zero-order valence-electron chi connectivity index (χ0n) is 21.8. The Morgan fingerprint density at radius 1 is 0.829 bits per heavy atom. The SMILES string of the molecule is O=[N+]([O-])c1cccc(-n2cnc3c(N(Cc4ccccc4)Cc4ccccc4)nc(Nc4ccc(F)cc4)nc32)c1. The lowest BCUT2D eigenvalue weighted by Gasteiger charge is -2.25. The molecule has 10 heteroatoms. The Kier molecular flexibility index (Phi) is 7.02. The van der Waals surface area contributed by atoms with E-state index in [1.54, 1.807) is 35.2 Å². The molecule has 202 valence electrons. The van der Waals surface area contributed by atoms with Crippen LogP contribution in [0.5, 0.6) is 0 Å². The van der Waals surface area contributed by atoms with Gasteiger partial charge in [-0.15, -0.1) is 0 Å². The topological polar surface area (TPSA) is 102 Å². The number of rotatable bonds is 9. The molecule has 0 saturated heterocycles. The van der Waals surface area contributed by atoms with Crippen LogP contribution in [0.1, 0.15) is 11.1 Å². The van der Waals surface area contributed by atoms with Crippen LogP contribution in [-0.2, 0) is 13.1 Å². The first-order valence-electron chi connectivity index (χ1n) is 12.9. The molecular weight excluding hydrogens is 521 g/mol. The number of anilines is 3. The highest BCUT2D eigenvalue weighted by Crippen LogP contribution is 2.30. The van der Waals surface area contributed by atoms with Gasteiger partial charge in [0.25, 0.3) is 5.69 Å². The summed E-state index contributed by atoms with van der Waals surface area (Å²) in [4.78, 5) is 27.5. The number of benzene rings is 4. The summed E-state index contributed by atoms with van der Waals surface area (Å²) in [6.45, 7) is 1.09. The van der Waals surface area contributed by atoms with E-state index < -0.39 is 4.92 Å². The van der Waals surface area contributed by atoms with Gasteiger partial charge >= 0.3 is 0 Å². The van der Waals surface area contributed by atoms with Crippen LogP contribution in [0.4, 0.5) is 27.5 Å². The summed E-state index contributed by atoms with van der Waals surface area (Å²) >= 11 is 0. The van der Waals surface area contributed by atoms with E-state index in [2.05, 4.69) is 39.5 Å². The standard InChI is InChI=1S/C31H24FN7O2/c32-24-14-16-25(17-15-24)34-31-35-29(37(19-22-8-3-1-4-9-22)20-23-10-5-2-6-11-23)28-30(36-31)38(21-33-28)26-12-7-13-27(18-26)39(40)41/h1-18,21H,19-20H2,(H,34,35,36). The van der Waals surface area contributed by atoms with Gasteiger partial charge in [0.05, 0.1) is 10.6 Å². The number of fused-ring (bicyclic) bond motifs is 1. The predicted molar refractivity (Wildman–Crippen MR) is 156 cm³/mol. The quantitative estimate of drug-likeness (QED) is 0.157. The highest BCUT2D eigenvalue weighted by Gasteiger charge is 2.21. The van der Waals surface area contributed by atoms with E-state index in [1.807, 2.05) is 36.4 Å². The van der Waals surface area contributed by atoms with Crippen molar-refractivity contribution in [1.82, 2.24) is 19.5 Å². The highest BCUT2D eigenvalue weighted by atomic mass is 19.1. The normalized spacial score (nSPS) is 11.0. The third kappa shape index (κ3) is 5.71. The molecule has 0 aliphatic rings. The molecule has 2 heterocycles. The molecule has 2 aromatic heterocycles. The summed E-state index contributed by atoms with van der Waals surface area (Å²) < 4.78 is 15.3. The van der Waals surface area contributed by atoms with Crippen LogP contribution in [0.15, 0.2) is 116 Å². The van der Waals surface area contributed by atoms with E-state index in [1.165, 1.54) is 24.3 Å². The Bertz CT molecular complexity index is 1770. The number of halogens is 1. The molecular formula is C31H24FN7O2. The molecule has 0 atom stereocenters. The summed E-state index contributed by atoms with van der Waals surface area (Å²) in [6, 6.07) is 32.3. The van der Waals surface area contributed by atoms with Crippen molar-refractivity contribution in [3.05, 3.63) is 143 Å². The van der Waals surface area contributed by atoms with E-state index in [-0.39, 0.29) is 17.5 Å². The van der Waals surface area contributed by atoms with E-state index >= 15 is 0 Å². The van der Waals surface area contributed by atoms with Gasteiger partial charge in [0.15, 0.2) is 17.0 Å². The summed E-state index contributed by atoms with van der Waals surface area (Å²) in [6.07, 6.45) is 1.59. The Morgan fingerprint density at radius 2 is 1.49 bits per heavy atom. The molecule has 9 nitrogen and oxygen atoms in total. The lowest BCUT2D eigenvalue weighted by molar-refractivity contribution is -0.384. The van der Waals surface area contributed by atoms with Crippen molar-refractivity contribution in [3.8, 4) is 5.69 Å². The molecule has 0 unspecified atom stereocenters. The largest absolute Gasteiger partial charge is 0.346 e. The van der Waals surface area contributed by atoms with Gasteiger partial charge in [-0.3, -0.25) is 14.7 Å². The lowest BCUT2D eigenvalue weighted by atomic mass is 10.1. The van der Waals surface area contributed by atoms with Gasteiger partial charge in [0.2, 0.25) is 5.95 Å². The van der Waals surface area contributed by atoms with Gasteiger partial charge in [0, 0.05) is 30.9 Å². The van der Waals surface area contributed by atoms with Gasteiger partial charge in [0.1, 0.15) is 12.1 Å². The molecule has 6 aromatic rings. The zero-order chi connectivity index (χ0) is 28.2. The summed E-state index contributed by atoms with van der Waals surface area (Å²) in [5, 5.41) is 14.6. The molecule has 0 amide bonds. The molecule has 0 aliphatic heterocycles. The smallest absolute Gasteiger partial charge is 0.271 e. The van der Waals surface area contributed by atoms with Crippen LogP contribution in [-0.4, -0.2) is 24.4 Å². The van der Waals surface area contributed by atoms with E-state index in [9.17, 15) is 14.5 Å². The molecule has 0 bridgehead atoms. The minimum absolute atomic E-state index is 0.0435. The second kappa shape index (κ2) is 11.2. The first-order valence-corrected chi connectivity index (χ1v) is 12.9. The van der Waals surface area contributed by atoms with Gasteiger partial charge in [-0.25, -0.2) is 9.37 Å². The van der Waals surface area contributed by atoms with E-state index in [0.717, 1.165) is 11.1 Å². The van der Waals surface area contributed by atoms with Gasteiger partial charge < -0.3 is 10.2 Å². The van der Waals surface area contributed by atoms with Gasteiger partial charge in [-0.1, -0.05) is 66.7 Å². The fraction of sp³-hybridized carbons (Fsp3) is 0.0645. The summed E-state index contributed by atoms with van der Waals surface area (Å²) in [5.74, 6) is 0.502. The van der Waals surface area contributed by atoms with E-state index in [0.29, 0.717) is 41.4 Å². The van der Waals surface area contributed by atoms with E-state index in [4.69, 9.17) is 9.97 Å². The zero-order valence-corrected chi connectivity index (χ0v) is 21.8. The van der Waals surface area contributed by atoms with Crippen LogP contribution in [0.3, 0.4) is 0 Å². The van der Waals surface area contributed by atoms with Crippen molar-refractivity contribution >= 4 is 34.3 Å². The van der Waals surface area contributed by atoms with Crippen molar-refractivity contribution in [3.63, 3.8) is 0 Å². The molecule has 1 N–H and O–H groups in total. The van der Waals surface area contributed by atoms with Crippen molar-refractivity contribution in [1.29, 1.82) is 0 Å². The lowest BCUT2D eigenvalue weighted by Crippen LogP contribution is -2.24. The summed E-state index contributed by atoms with van der Waals surface area (Å²) in [5.41, 5.74) is 4.27. The highest BCUT2D eigenvalue weighted by molar-refractivity contribution is 5.86.